The van der Waals surface area contributed by atoms with E-state index in [0.717, 1.165) is 12.1 Å². The second-order valence-electron chi connectivity index (χ2n) is 5.17. The molecule has 1 saturated heterocycles. The van der Waals surface area contributed by atoms with Crippen molar-refractivity contribution in [1.29, 1.82) is 5.26 Å². The molecule has 1 aromatic heterocycles. The number of aromatic nitrogens is 3. The standard InChI is InChI=1S/C15H17N5/c16-10-14-15(18-19-17-14)13-6-4-5-12(9-13)11-20-7-2-1-3-8-20/h4-6,9H,1-3,7-8,11H2,(H,17,18,19). The fourth-order valence-corrected chi connectivity index (χ4v) is 2.70. The van der Waals surface area contributed by atoms with Gasteiger partial charge in [0.15, 0.2) is 5.69 Å². The molecule has 0 bridgehead atoms. The summed E-state index contributed by atoms with van der Waals surface area (Å²) in [7, 11) is 0. The van der Waals surface area contributed by atoms with Gasteiger partial charge in [0.25, 0.3) is 0 Å². The number of likely N-dealkylation sites (tertiary alicyclic amines) is 1. The summed E-state index contributed by atoms with van der Waals surface area (Å²) in [5.74, 6) is 0. The van der Waals surface area contributed by atoms with E-state index < -0.39 is 0 Å². The van der Waals surface area contributed by atoms with Crippen molar-refractivity contribution in [1.82, 2.24) is 20.3 Å². The largest absolute Gasteiger partial charge is 0.299 e. The van der Waals surface area contributed by atoms with Crippen LogP contribution in [0.15, 0.2) is 24.3 Å². The van der Waals surface area contributed by atoms with E-state index >= 15 is 0 Å². The predicted octanol–water partition coefficient (Wildman–Crippen LogP) is 2.33. The number of rotatable bonds is 3. The molecule has 0 unspecified atom stereocenters. The molecule has 5 nitrogen and oxygen atoms in total. The Morgan fingerprint density at radius 1 is 1.20 bits per heavy atom. The van der Waals surface area contributed by atoms with Crippen molar-refractivity contribution in [3.05, 3.63) is 35.5 Å². The third kappa shape index (κ3) is 2.70. The molecule has 0 aliphatic carbocycles. The summed E-state index contributed by atoms with van der Waals surface area (Å²) >= 11 is 0. The molecule has 0 radical (unpaired) electrons. The van der Waals surface area contributed by atoms with E-state index in [1.807, 2.05) is 12.1 Å². The number of piperidine rings is 1. The number of aromatic amines is 1. The fourth-order valence-electron chi connectivity index (χ4n) is 2.70. The molecule has 102 valence electrons. The monoisotopic (exact) mass is 267 g/mol. The molecule has 1 aliphatic heterocycles. The number of hydrogen-bond acceptors (Lipinski definition) is 4. The highest BCUT2D eigenvalue weighted by atomic mass is 15.3. The Kier molecular flexibility index (Phi) is 3.75. The number of H-pyrrole nitrogens is 1. The van der Waals surface area contributed by atoms with Gasteiger partial charge >= 0.3 is 0 Å². The molecule has 0 saturated carbocycles. The summed E-state index contributed by atoms with van der Waals surface area (Å²) in [6.45, 7) is 3.32. The first kappa shape index (κ1) is 12.8. The molecule has 1 N–H and O–H groups in total. The Morgan fingerprint density at radius 3 is 2.85 bits per heavy atom. The molecule has 2 aromatic rings. The van der Waals surface area contributed by atoms with Crippen LogP contribution in [0.4, 0.5) is 0 Å². The minimum atomic E-state index is 0.347. The molecule has 1 aromatic carbocycles. The van der Waals surface area contributed by atoms with Crippen molar-refractivity contribution >= 4 is 0 Å². The van der Waals surface area contributed by atoms with E-state index in [0.29, 0.717) is 11.4 Å². The Balaban J connectivity index is 1.81. The van der Waals surface area contributed by atoms with Crippen molar-refractivity contribution in [3.63, 3.8) is 0 Å². The van der Waals surface area contributed by atoms with Gasteiger partial charge in [-0.15, -0.1) is 5.10 Å². The van der Waals surface area contributed by atoms with Crippen LogP contribution >= 0.6 is 0 Å². The van der Waals surface area contributed by atoms with Gasteiger partial charge in [0.1, 0.15) is 11.8 Å². The molecule has 5 heteroatoms. The lowest BCUT2D eigenvalue weighted by Crippen LogP contribution is -2.29. The van der Waals surface area contributed by atoms with Gasteiger partial charge in [-0.2, -0.15) is 15.6 Å². The molecule has 0 atom stereocenters. The van der Waals surface area contributed by atoms with Crippen LogP contribution < -0.4 is 0 Å². The molecular formula is C15H17N5. The van der Waals surface area contributed by atoms with Crippen molar-refractivity contribution in [2.75, 3.05) is 13.1 Å². The highest BCUT2D eigenvalue weighted by Crippen LogP contribution is 2.21. The summed E-state index contributed by atoms with van der Waals surface area (Å²) in [4.78, 5) is 2.48. The zero-order valence-corrected chi connectivity index (χ0v) is 11.3. The lowest BCUT2D eigenvalue weighted by molar-refractivity contribution is 0.221. The molecule has 1 fully saturated rings. The smallest absolute Gasteiger partial charge is 0.190 e. The lowest BCUT2D eigenvalue weighted by atomic mass is 10.1. The Bertz CT molecular complexity index is 619. The highest BCUT2D eigenvalue weighted by molar-refractivity contribution is 5.64. The van der Waals surface area contributed by atoms with Crippen LogP contribution in [-0.2, 0) is 6.54 Å². The van der Waals surface area contributed by atoms with Gasteiger partial charge in [-0.25, -0.2) is 0 Å². The normalized spacial score (nSPS) is 15.9. The summed E-state index contributed by atoms with van der Waals surface area (Å²) in [5.41, 5.74) is 3.19. The van der Waals surface area contributed by atoms with Crippen LogP contribution in [0.2, 0.25) is 0 Å². The second kappa shape index (κ2) is 5.85. The molecule has 2 heterocycles. The van der Waals surface area contributed by atoms with Crippen LogP contribution in [0.1, 0.15) is 30.5 Å². The SMILES string of the molecule is N#Cc1n[nH]nc1-c1cccc(CN2CCCCC2)c1. The van der Waals surface area contributed by atoms with Crippen molar-refractivity contribution in [2.24, 2.45) is 0 Å². The van der Waals surface area contributed by atoms with E-state index in [-0.39, 0.29) is 0 Å². The topological polar surface area (TPSA) is 68.6 Å². The van der Waals surface area contributed by atoms with Crippen molar-refractivity contribution in [2.45, 2.75) is 25.8 Å². The average Bonchev–Trinajstić information content (AvgIpc) is 2.97. The van der Waals surface area contributed by atoms with E-state index in [2.05, 4.69) is 38.5 Å². The van der Waals surface area contributed by atoms with Crippen LogP contribution in [-0.4, -0.2) is 33.4 Å². The number of nitriles is 1. The van der Waals surface area contributed by atoms with Crippen LogP contribution in [0.5, 0.6) is 0 Å². The number of benzene rings is 1. The van der Waals surface area contributed by atoms with Gasteiger partial charge in [0.05, 0.1) is 0 Å². The molecule has 20 heavy (non-hydrogen) atoms. The molecule has 3 rings (SSSR count). The first-order valence-corrected chi connectivity index (χ1v) is 6.99. The Hall–Kier alpha value is -2.19. The third-order valence-electron chi connectivity index (χ3n) is 3.71. The average molecular weight is 267 g/mol. The zero-order chi connectivity index (χ0) is 13.8. The van der Waals surface area contributed by atoms with Gasteiger partial charge in [-0.1, -0.05) is 24.6 Å². The Labute approximate surface area is 118 Å². The van der Waals surface area contributed by atoms with Gasteiger partial charge in [0, 0.05) is 12.1 Å². The second-order valence-corrected chi connectivity index (χ2v) is 5.17. The van der Waals surface area contributed by atoms with Crippen molar-refractivity contribution in [3.8, 4) is 17.3 Å². The summed E-state index contributed by atoms with van der Waals surface area (Å²) in [5, 5.41) is 19.5. The number of hydrogen-bond donors (Lipinski definition) is 1. The first-order chi connectivity index (χ1) is 9.86. The van der Waals surface area contributed by atoms with Crippen molar-refractivity contribution < 1.29 is 0 Å². The minimum Gasteiger partial charge on any atom is -0.299 e. The quantitative estimate of drug-likeness (QED) is 0.926. The lowest BCUT2D eigenvalue weighted by Gasteiger charge is -2.26. The summed E-state index contributed by atoms with van der Waals surface area (Å²) in [6, 6.07) is 10.3. The zero-order valence-electron chi connectivity index (χ0n) is 11.3. The summed E-state index contributed by atoms with van der Waals surface area (Å²) in [6.07, 6.45) is 3.93. The van der Waals surface area contributed by atoms with E-state index in [1.165, 1.54) is 37.9 Å². The maximum Gasteiger partial charge on any atom is 0.190 e. The first-order valence-electron chi connectivity index (χ1n) is 6.99. The van der Waals surface area contributed by atoms with Gasteiger partial charge in [-0.3, -0.25) is 4.90 Å². The Morgan fingerprint density at radius 2 is 2.05 bits per heavy atom. The summed E-state index contributed by atoms with van der Waals surface area (Å²) < 4.78 is 0. The van der Waals surface area contributed by atoms with E-state index in [9.17, 15) is 0 Å². The molecule has 0 amide bonds. The molecule has 0 spiro atoms. The number of nitrogens with zero attached hydrogens (tertiary/aromatic N) is 4. The van der Waals surface area contributed by atoms with Gasteiger partial charge in [0.2, 0.25) is 0 Å². The van der Waals surface area contributed by atoms with Gasteiger partial charge in [-0.05, 0) is 37.6 Å². The minimum absolute atomic E-state index is 0.347. The predicted molar refractivity (Wildman–Crippen MR) is 75.7 cm³/mol. The highest BCUT2D eigenvalue weighted by Gasteiger charge is 2.13. The van der Waals surface area contributed by atoms with E-state index in [4.69, 9.17) is 5.26 Å². The van der Waals surface area contributed by atoms with Crippen LogP contribution in [0, 0.1) is 11.3 Å². The van der Waals surface area contributed by atoms with E-state index in [1.54, 1.807) is 0 Å². The maximum atomic E-state index is 9.02. The molecule has 1 aliphatic rings. The maximum absolute atomic E-state index is 9.02. The van der Waals surface area contributed by atoms with Crippen LogP contribution in [0.25, 0.3) is 11.3 Å². The van der Waals surface area contributed by atoms with Crippen LogP contribution in [0.3, 0.4) is 0 Å². The molecular weight excluding hydrogens is 250 g/mol. The number of nitrogens with one attached hydrogen (secondary N) is 1. The fraction of sp³-hybridized carbons (Fsp3) is 0.400. The third-order valence-corrected chi connectivity index (χ3v) is 3.71. The van der Waals surface area contributed by atoms with Gasteiger partial charge < -0.3 is 0 Å².